The van der Waals surface area contributed by atoms with Crippen molar-refractivity contribution in [1.29, 1.82) is 0 Å². The van der Waals surface area contributed by atoms with Gasteiger partial charge in [0.1, 0.15) is 5.82 Å². The number of rotatable bonds is 7. The molecule has 0 saturated carbocycles. The van der Waals surface area contributed by atoms with Crippen molar-refractivity contribution in [2.75, 3.05) is 13.2 Å². The van der Waals surface area contributed by atoms with Gasteiger partial charge in [-0.25, -0.2) is 4.39 Å². The molecule has 0 heterocycles. The van der Waals surface area contributed by atoms with Gasteiger partial charge in [-0.15, -0.1) is 0 Å². The number of benzene rings is 2. The molecular weight excluding hydrogens is 323 g/mol. The molecule has 0 saturated heterocycles. The fourth-order valence-corrected chi connectivity index (χ4v) is 2.49. The van der Waals surface area contributed by atoms with E-state index in [9.17, 15) is 14.0 Å². The molecule has 2 rings (SSSR count). The summed E-state index contributed by atoms with van der Waals surface area (Å²) in [5.41, 5.74) is 1.89. The monoisotopic (exact) mass is 344 g/mol. The summed E-state index contributed by atoms with van der Waals surface area (Å²) in [6.07, 6.45) is -0.0986. The summed E-state index contributed by atoms with van der Waals surface area (Å²) in [6, 6.07) is 14.2. The van der Waals surface area contributed by atoms with Crippen molar-refractivity contribution in [3.63, 3.8) is 0 Å². The van der Waals surface area contributed by atoms with E-state index in [0.29, 0.717) is 0 Å². The summed E-state index contributed by atoms with van der Waals surface area (Å²) >= 11 is 0. The Bertz CT molecular complexity index is 710. The van der Waals surface area contributed by atoms with E-state index in [-0.39, 0.29) is 25.2 Å². The number of halogens is 1. The van der Waals surface area contributed by atoms with Gasteiger partial charge in [-0.3, -0.25) is 9.59 Å². The van der Waals surface area contributed by atoms with E-state index in [1.807, 2.05) is 30.3 Å². The number of hydrogen-bond acceptors (Lipinski definition) is 4. The zero-order valence-electron chi connectivity index (χ0n) is 14.3. The number of carbonyl (C=O) groups excluding carboxylic acids is 2. The van der Waals surface area contributed by atoms with Crippen molar-refractivity contribution >= 4 is 11.9 Å². The average Bonchev–Trinajstić information content (AvgIpc) is 2.61. The molecule has 25 heavy (non-hydrogen) atoms. The lowest BCUT2D eigenvalue weighted by atomic mass is 9.96. The molecule has 0 unspecified atom stereocenters. The van der Waals surface area contributed by atoms with Crippen LogP contribution < -0.4 is 0 Å². The van der Waals surface area contributed by atoms with Gasteiger partial charge in [-0.1, -0.05) is 42.5 Å². The van der Waals surface area contributed by atoms with Crippen LogP contribution in [0.4, 0.5) is 4.39 Å². The second-order valence-electron chi connectivity index (χ2n) is 5.43. The smallest absolute Gasteiger partial charge is 0.320 e. The Labute approximate surface area is 146 Å². The molecule has 0 radical (unpaired) electrons. The van der Waals surface area contributed by atoms with Gasteiger partial charge in [-0.05, 0) is 43.0 Å². The number of carbonyl (C=O) groups is 2. The predicted molar refractivity (Wildman–Crippen MR) is 92.3 cm³/mol. The van der Waals surface area contributed by atoms with Crippen LogP contribution in [0, 0.1) is 11.7 Å². The fourth-order valence-electron chi connectivity index (χ4n) is 2.49. The van der Waals surface area contributed by atoms with Crippen LogP contribution in [-0.2, 0) is 25.5 Å². The Hall–Kier alpha value is -2.69. The Balaban J connectivity index is 2.24. The molecule has 2 aromatic rings. The van der Waals surface area contributed by atoms with Crippen LogP contribution in [0.2, 0.25) is 0 Å². The number of hydrogen-bond donors (Lipinski definition) is 0. The fraction of sp³-hybridized carbons (Fsp3) is 0.300. The van der Waals surface area contributed by atoms with Crippen molar-refractivity contribution in [2.24, 2.45) is 5.92 Å². The Kier molecular flexibility index (Phi) is 6.69. The Morgan fingerprint density at radius 2 is 1.52 bits per heavy atom. The van der Waals surface area contributed by atoms with Crippen LogP contribution in [0.1, 0.15) is 19.4 Å². The van der Waals surface area contributed by atoms with E-state index in [0.717, 1.165) is 11.1 Å². The SMILES string of the molecule is CCOC(=O)C(Cc1ccc(-c2ccccc2)cc1F)C(=O)OCC. The topological polar surface area (TPSA) is 52.6 Å². The molecule has 0 fully saturated rings. The molecule has 0 bridgehead atoms. The highest BCUT2D eigenvalue weighted by Gasteiger charge is 2.30. The van der Waals surface area contributed by atoms with Crippen molar-refractivity contribution < 1.29 is 23.5 Å². The molecule has 0 spiro atoms. The maximum Gasteiger partial charge on any atom is 0.320 e. The van der Waals surface area contributed by atoms with Crippen LogP contribution in [0.5, 0.6) is 0 Å². The van der Waals surface area contributed by atoms with Gasteiger partial charge >= 0.3 is 11.9 Å². The lowest BCUT2D eigenvalue weighted by Gasteiger charge is -2.15. The highest BCUT2D eigenvalue weighted by molar-refractivity contribution is 5.95. The Morgan fingerprint density at radius 1 is 0.920 bits per heavy atom. The van der Waals surface area contributed by atoms with Crippen molar-refractivity contribution in [3.05, 3.63) is 59.9 Å². The normalized spacial score (nSPS) is 10.6. The summed E-state index contributed by atoms with van der Waals surface area (Å²) in [7, 11) is 0. The first kappa shape index (κ1) is 18.6. The standard InChI is InChI=1S/C20H21FO4/c1-3-24-19(22)17(20(23)25-4-2)12-16-11-10-15(13-18(16)21)14-8-6-5-7-9-14/h5-11,13,17H,3-4,12H2,1-2H3. The van der Waals surface area contributed by atoms with E-state index in [1.165, 1.54) is 6.07 Å². The van der Waals surface area contributed by atoms with Crippen LogP contribution in [-0.4, -0.2) is 25.2 Å². The molecular formula is C20H21FO4. The average molecular weight is 344 g/mol. The summed E-state index contributed by atoms with van der Waals surface area (Å²) in [5, 5.41) is 0. The minimum absolute atomic E-state index is 0.0986. The largest absolute Gasteiger partial charge is 0.465 e. The van der Waals surface area contributed by atoms with Gasteiger partial charge in [0.2, 0.25) is 0 Å². The van der Waals surface area contributed by atoms with E-state index in [2.05, 4.69) is 0 Å². The molecule has 0 aromatic heterocycles. The lowest BCUT2D eigenvalue weighted by Crippen LogP contribution is -2.30. The number of esters is 2. The summed E-state index contributed by atoms with van der Waals surface area (Å²) in [5.74, 6) is -3.04. The van der Waals surface area contributed by atoms with E-state index < -0.39 is 23.7 Å². The molecule has 5 heteroatoms. The van der Waals surface area contributed by atoms with Gasteiger partial charge < -0.3 is 9.47 Å². The van der Waals surface area contributed by atoms with Crippen LogP contribution in [0.15, 0.2) is 48.5 Å². The third-order valence-corrected chi connectivity index (χ3v) is 3.73. The second kappa shape index (κ2) is 8.97. The summed E-state index contributed by atoms with van der Waals surface area (Å²) < 4.78 is 24.3. The molecule has 132 valence electrons. The maximum absolute atomic E-state index is 14.5. The van der Waals surface area contributed by atoms with Gasteiger partial charge in [-0.2, -0.15) is 0 Å². The minimum Gasteiger partial charge on any atom is -0.465 e. The predicted octanol–water partition coefficient (Wildman–Crippen LogP) is 3.78. The molecule has 0 aliphatic carbocycles. The quantitative estimate of drug-likeness (QED) is 0.567. The summed E-state index contributed by atoms with van der Waals surface area (Å²) in [6.45, 7) is 3.58. The molecule has 0 amide bonds. The van der Waals surface area contributed by atoms with E-state index >= 15 is 0 Å². The van der Waals surface area contributed by atoms with Crippen LogP contribution in [0.3, 0.4) is 0 Å². The minimum atomic E-state index is -1.17. The highest BCUT2D eigenvalue weighted by Crippen LogP contribution is 2.23. The van der Waals surface area contributed by atoms with Crippen LogP contribution in [0.25, 0.3) is 11.1 Å². The first-order valence-corrected chi connectivity index (χ1v) is 8.23. The second-order valence-corrected chi connectivity index (χ2v) is 5.43. The van der Waals surface area contributed by atoms with Crippen molar-refractivity contribution in [1.82, 2.24) is 0 Å². The van der Waals surface area contributed by atoms with Gasteiger partial charge in [0.15, 0.2) is 5.92 Å². The number of ether oxygens (including phenoxy) is 2. The molecule has 4 nitrogen and oxygen atoms in total. The highest BCUT2D eigenvalue weighted by atomic mass is 19.1. The zero-order valence-corrected chi connectivity index (χ0v) is 14.3. The maximum atomic E-state index is 14.5. The van der Waals surface area contributed by atoms with Gasteiger partial charge in [0.05, 0.1) is 13.2 Å². The van der Waals surface area contributed by atoms with Crippen LogP contribution >= 0.6 is 0 Å². The van der Waals surface area contributed by atoms with Crippen molar-refractivity contribution in [3.8, 4) is 11.1 Å². The van der Waals surface area contributed by atoms with Gasteiger partial charge in [0.25, 0.3) is 0 Å². The molecule has 0 atom stereocenters. The third-order valence-electron chi connectivity index (χ3n) is 3.73. The first-order valence-electron chi connectivity index (χ1n) is 8.23. The lowest BCUT2D eigenvalue weighted by molar-refractivity contribution is -0.161. The zero-order chi connectivity index (χ0) is 18.2. The van der Waals surface area contributed by atoms with E-state index in [1.54, 1.807) is 26.0 Å². The third kappa shape index (κ3) is 4.89. The molecule has 0 aliphatic heterocycles. The summed E-state index contributed by atoms with van der Waals surface area (Å²) in [4.78, 5) is 24.0. The molecule has 0 N–H and O–H groups in total. The molecule has 2 aromatic carbocycles. The van der Waals surface area contributed by atoms with E-state index in [4.69, 9.17) is 9.47 Å². The van der Waals surface area contributed by atoms with Gasteiger partial charge in [0, 0.05) is 0 Å². The van der Waals surface area contributed by atoms with Crippen molar-refractivity contribution in [2.45, 2.75) is 20.3 Å². The molecule has 0 aliphatic rings. The Morgan fingerprint density at radius 3 is 2.04 bits per heavy atom. The first-order chi connectivity index (χ1) is 12.1.